The minimum absolute atomic E-state index is 0.0326. The first-order valence-corrected chi connectivity index (χ1v) is 22.1. The topological polar surface area (TPSA) is 224 Å². The summed E-state index contributed by atoms with van der Waals surface area (Å²) in [6.45, 7) is 11.1. The molecule has 6 heterocycles. The smallest absolute Gasteiger partial charge is 0.275 e. The Morgan fingerprint density at radius 1 is 0.891 bits per heavy atom. The number of fused-ring (bicyclic) bond motifs is 1. The highest BCUT2D eigenvalue weighted by Crippen LogP contribution is 2.41. The number of aliphatic imine (C=N–C) groups is 1. The van der Waals surface area contributed by atoms with E-state index < -0.39 is 5.91 Å². The number of nitriles is 1. The number of piperidine rings is 1. The fraction of sp³-hybridized carbons (Fsp3) is 0.426. The number of carbonyl (C=O) groups excluding carboxylic acids is 3. The highest BCUT2D eigenvalue weighted by molar-refractivity contribution is 6.08. The van der Waals surface area contributed by atoms with Gasteiger partial charge in [-0.25, -0.2) is 4.99 Å². The molecular formula is C47H56N12O5. The van der Waals surface area contributed by atoms with Crippen molar-refractivity contribution >= 4 is 34.9 Å². The molecule has 3 amide bonds. The van der Waals surface area contributed by atoms with Crippen LogP contribution in [0.4, 0.5) is 11.4 Å². The van der Waals surface area contributed by atoms with E-state index in [1.165, 1.54) is 0 Å². The van der Waals surface area contributed by atoms with Gasteiger partial charge in [0.25, 0.3) is 11.8 Å². The summed E-state index contributed by atoms with van der Waals surface area (Å²) in [6.07, 6.45) is 8.98. The van der Waals surface area contributed by atoms with Crippen LogP contribution in [0, 0.1) is 37.0 Å². The van der Waals surface area contributed by atoms with E-state index >= 15 is 0 Å². The first kappa shape index (κ1) is 43.9. The number of benzene rings is 2. The maximum Gasteiger partial charge on any atom is 0.275 e. The second-order valence-corrected chi connectivity index (χ2v) is 16.7. The number of amidine groups is 1. The molecule has 64 heavy (non-hydrogen) atoms. The quantitative estimate of drug-likeness (QED) is 0.179. The molecule has 17 nitrogen and oxygen atoms in total. The predicted octanol–water partition coefficient (Wildman–Crippen LogP) is 4.58. The van der Waals surface area contributed by atoms with Crippen molar-refractivity contribution in [2.75, 3.05) is 37.7 Å². The highest BCUT2D eigenvalue weighted by Gasteiger charge is 2.33. The van der Waals surface area contributed by atoms with Crippen LogP contribution in [0.25, 0.3) is 0 Å². The molecule has 2 aromatic heterocycles. The van der Waals surface area contributed by atoms with Crippen LogP contribution >= 0.6 is 0 Å². The van der Waals surface area contributed by atoms with Gasteiger partial charge in [0.15, 0.2) is 0 Å². The molecule has 0 spiro atoms. The number of primary amides is 1. The number of carbonyl (C=O) groups is 3. The third-order valence-electron chi connectivity index (χ3n) is 12.4. The molecule has 2 aromatic carbocycles. The molecule has 6 N–H and O–H groups in total. The van der Waals surface area contributed by atoms with Crippen molar-refractivity contribution in [2.45, 2.75) is 85.5 Å². The van der Waals surface area contributed by atoms with Gasteiger partial charge in [0.1, 0.15) is 47.8 Å². The summed E-state index contributed by atoms with van der Waals surface area (Å²) < 4.78 is 17.0. The van der Waals surface area contributed by atoms with Gasteiger partial charge < -0.3 is 36.5 Å². The Bertz CT molecular complexity index is 2590. The molecule has 334 valence electrons. The summed E-state index contributed by atoms with van der Waals surface area (Å²) >= 11 is 0. The molecule has 2 atom stereocenters. The van der Waals surface area contributed by atoms with Gasteiger partial charge in [0.05, 0.1) is 34.9 Å². The first-order valence-electron chi connectivity index (χ1n) is 22.1. The SMILES string of the molecule is CCn1nc(C)cc1C(=O)NC1=CCc2cc(CN)cc3c2N1C/C=C/C[C@@H]1Cc2c(cc(C(N)=O)cc2OCC(N2CCC(C#N)CC2)CO3)N=C1NC(=O)c1cc(C)nn1CC. The van der Waals surface area contributed by atoms with Crippen LogP contribution in [0.3, 0.4) is 0 Å². The van der Waals surface area contributed by atoms with E-state index in [0.717, 1.165) is 33.8 Å². The van der Waals surface area contributed by atoms with Gasteiger partial charge in [-0.2, -0.15) is 15.5 Å². The lowest BCUT2D eigenvalue weighted by Gasteiger charge is -2.37. The maximum absolute atomic E-state index is 14.0. The number of nitrogens with two attached hydrogens (primary N) is 2. The molecule has 1 unspecified atom stereocenters. The number of hydrogen-bond acceptors (Lipinski definition) is 12. The first-order chi connectivity index (χ1) is 31.0. The number of likely N-dealkylation sites (tertiary alicyclic amines) is 1. The Labute approximate surface area is 372 Å². The summed E-state index contributed by atoms with van der Waals surface area (Å²) in [4.78, 5) is 50.0. The maximum atomic E-state index is 14.0. The number of rotatable bonds is 8. The van der Waals surface area contributed by atoms with Crippen molar-refractivity contribution in [2.24, 2.45) is 28.3 Å². The predicted molar refractivity (Wildman–Crippen MR) is 241 cm³/mol. The Morgan fingerprint density at radius 3 is 2.20 bits per heavy atom. The third kappa shape index (κ3) is 9.15. The van der Waals surface area contributed by atoms with E-state index in [9.17, 15) is 19.6 Å². The number of allylic oxidation sites excluding steroid dienone is 2. The number of nitrogens with one attached hydrogen (secondary N) is 2. The molecule has 0 aliphatic carbocycles. The van der Waals surface area contributed by atoms with Gasteiger partial charge >= 0.3 is 0 Å². The number of nitrogens with zero attached hydrogens (tertiary/aromatic N) is 8. The lowest BCUT2D eigenvalue weighted by molar-refractivity contribution is 0.0691. The van der Waals surface area contributed by atoms with E-state index in [1.54, 1.807) is 33.6 Å². The molecule has 0 saturated carbocycles. The van der Waals surface area contributed by atoms with Crippen molar-refractivity contribution in [3.63, 3.8) is 0 Å². The molecule has 4 aliphatic heterocycles. The second kappa shape index (κ2) is 18.9. The number of ether oxygens (including phenoxy) is 2. The van der Waals surface area contributed by atoms with Crippen LogP contribution in [0.2, 0.25) is 0 Å². The molecule has 0 radical (unpaired) electrons. The van der Waals surface area contributed by atoms with Crippen molar-refractivity contribution in [3.05, 3.63) is 105 Å². The molecule has 8 rings (SSSR count). The largest absolute Gasteiger partial charge is 0.491 e. The van der Waals surface area contributed by atoms with Gasteiger partial charge in [-0.1, -0.05) is 18.2 Å². The summed E-state index contributed by atoms with van der Waals surface area (Å²) in [5.74, 6) is 0.561. The zero-order valence-corrected chi connectivity index (χ0v) is 36.9. The minimum atomic E-state index is -0.633. The number of anilines is 1. The summed E-state index contributed by atoms with van der Waals surface area (Å²) in [6, 6.07) is 13.1. The molecule has 17 heteroatoms. The number of amides is 3. The van der Waals surface area contributed by atoms with E-state index in [0.29, 0.717) is 112 Å². The molecule has 4 aromatic rings. The number of hydrogen-bond donors (Lipinski definition) is 4. The van der Waals surface area contributed by atoms with Gasteiger partial charge in [0.2, 0.25) is 5.91 Å². The van der Waals surface area contributed by atoms with Crippen LogP contribution in [-0.2, 0) is 32.5 Å². The zero-order valence-electron chi connectivity index (χ0n) is 36.9. The molecular weight excluding hydrogens is 813 g/mol. The van der Waals surface area contributed by atoms with Gasteiger partial charge in [-0.3, -0.25) is 28.6 Å². The monoisotopic (exact) mass is 868 g/mol. The lowest BCUT2D eigenvalue weighted by Crippen LogP contribution is -2.47. The summed E-state index contributed by atoms with van der Waals surface area (Å²) in [5, 5.41) is 25.0. The number of aromatic nitrogens is 4. The van der Waals surface area contributed by atoms with Gasteiger partial charge in [0, 0.05) is 49.1 Å². The lowest BCUT2D eigenvalue weighted by atomic mass is 9.89. The Kier molecular flexibility index (Phi) is 13.0. The van der Waals surface area contributed by atoms with Crippen molar-refractivity contribution in [1.82, 2.24) is 35.1 Å². The van der Waals surface area contributed by atoms with E-state index in [1.807, 2.05) is 45.9 Å². The Morgan fingerprint density at radius 2 is 1.56 bits per heavy atom. The van der Waals surface area contributed by atoms with Crippen molar-refractivity contribution < 1.29 is 23.9 Å². The average Bonchev–Trinajstić information content (AvgIpc) is 3.89. The summed E-state index contributed by atoms with van der Waals surface area (Å²) in [7, 11) is 0. The molecule has 1 fully saturated rings. The third-order valence-corrected chi connectivity index (χ3v) is 12.4. The van der Waals surface area contributed by atoms with Crippen LogP contribution in [0.15, 0.2) is 65.4 Å². The average molecular weight is 869 g/mol. The normalized spacial score (nSPS) is 19.5. The van der Waals surface area contributed by atoms with Gasteiger partial charge in [-0.05, 0) is 120 Å². The Hall–Kier alpha value is -6.77. The summed E-state index contributed by atoms with van der Waals surface area (Å²) in [5.41, 5.74) is 18.7. The van der Waals surface area contributed by atoms with Crippen LogP contribution in [-0.4, -0.2) is 86.9 Å². The van der Waals surface area contributed by atoms with Crippen LogP contribution in [0.5, 0.6) is 11.5 Å². The van der Waals surface area contributed by atoms with E-state index in [2.05, 4.69) is 48.8 Å². The van der Waals surface area contributed by atoms with E-state index in [4.69, 9.17) is 25.9 Å². The number of aryl methyl sites for hydroxylation is 4. The zero-order chi connectivity index (χ0) is 45.1. The fourth-order valence-electron chi connectivity index (χ4n) is 9.02. The fourth-order valence-corrected chi connectivity index (χ4v) is 9.02. The standard InChI is InChI=1S/C47H56N12O5/c1-5-58-38(17-28(3)54-58)46(61)52-42-11-10-32-19-31(25-49)20-41-43(32)57(42)14-8-7-9-33-21-36-37(51-45(33)53-47(62)39-18-29(4)55-59(39)6-2)22-34(44(50)60)23-40(36)63-26-35(27-64-41)56-15-12-30(24-48)13-16-56/h7-8,11,17-20,22-23,30,33,35H,5-6,9-10,12-16,21,25-27,49H2,1-4H3,(H2,50,60)(H,52,61)(H,51,53,62)/b8-7+/t33-,35?/m1/s1. The minimum Gasteiger partial charge on any atom is -0.491 e. The van der Waals surface area contributed by atoms with Crippen molar-refractivity contribution in [3.8, 4) is 17.6 Å². The Balaban J connectivity index is 1.21. The molecule has 4 aliphatic rings. The highest BCUT2D eigenvalue weighted by atomic mass is 16.5. The van der Waals surface area contributed by atoms with Crippen molar-refractivity contribution in [1.29, 1.82) is 5.26 Å². The second-order valence-electron chi connectivity index (χ2n) is 16.7. The molecule has 2 bridgehead atoms. The van der Waals surface area contributed by atoms with E-state index in [-0.39, 0.29) is 48.5 Å². The van der Waals surface area contributed by atoms with Crippen LogP contribution in [0.1, 0.15) is 92.5 Å². The van der Waals surface area contributed by atoms with Gasteiger partial charge in [-0.15, -0.1) is 0 Å². The van der Waals surface area contributed by atoms with Crippen LogP contribution < -0.4 is 36.5 Å². The molecule has 1 saturated heterocycles.